The number of halogens is 1. The Labute approximate surface area is 178 Å². The van der Waals surface area contributed by atoms with E-state index in [1.807, 2.05) is 32.9 Å². The van der Waals surface area contributed by atoms with Gasteiger partial charge in [0.15, 0.2) is 5.13 Å². The molecule has 0 N–H and O–H groups in total. The molecule has 2 aromatic heterocycles. The van der Waals surface area contributed by atoms with Crippen molar-refractivity contribution in [2.24, 2.45) is 0 Å². The second kappa shape index (κ2) is 8.71. The number of esters is 1. The van der Waals surface area contributed by atoms with E-state index in [0.717, 1.165) is 16.8 Å². The zero-order chi connectivity index (χ0) is 21.1. The molecule has 150 valence electrons. The molecule has 0 saturated heterocycles. The van der Waals surface area contributed by atoms with E-state index in [-0.39, 0.29) is 12.5 Å². The van der Waals surface area contributed by atoms with Gasteiger partial charge in [-0.05, 0) is 50.1 Å². The lowest BCUT2D eigenvalue weighted by molar-refractivity contribution is -0.115. The molecule has 0 saturated carbocycles. The van der Waals surface area contributed by atoms with E-state index < -0.39 is 5.97 Å². The van der Waals surface area contributed by atoms with Crippen LogP contribution in [0.15, 0.2) is 35.8 Å². The van der Waals surface area contributed by atoms with E-state index in [2.05, 4.69) is 9.97 Å². The molecule has 6 nitrogen and oxygen atoms in total. The summed E-state index contributed by atoms with van der Waals surface area (Å²) < 4.78 is 5.31. The van der Waals surface area contributed by atoms with Crippen LogP contribution >= 0.6 is 22.9 Å². The van der Waals surface area contributed by atoms with Crippen LogP contribution in [0.3, 0.4) is 0 Å². The largest absolute Gasteiger partial charge is 0.456 e. The summed E-state index contributed by atoms with van der Waals surface area (Å²) in [5, 5.41) is 2.70. The molecule has 0 aliphatic heterocycles. The zero-order valence-electron chi connectivity index (χ0n) is 16.5. The van der Waals surface area contributed by atoms with Crippen LogP contribution in [0.4, 0.5) is 10.8 Å². The van der Waals surface area contributed by atoms with Crippen LogP contribution < -0.4 is 4.90 Å². The number of aryl methyl sites for hydroxylation is 3. The van der Waals surface area contributed by atoms with Crippen molar-refractivity contribution in [2.75, 3.05) is 4.90 Å². The van der Waals surface area contributed by atoms with E-state index in [0.29, 0.717) is 27.1 Å². The quantitative estimate of drug-likeness (QED) is 0.524. The molecule has 1 amide bonds. The van der Waals surface area contributed by atoms with E-state index >= 15 is 0 Å². The Morgan fingerprint density at radius 2 is 1.97 bits per heavy atom. The predicted molar refractivity (Wildman–Crippen MR) is 114 cm³/mol. The summed E-state index contributed by atoms with van der Waals surface area (Å²) in [5.41, 5.74) is 4.23. The number of nitrogens with zero attached hydrogens (tertiary/aromatic N) is 3. The summed E-state index contributed by atoms with van der Waals surface area (Å²) >= 11 is 7.70. The molecule has 2 heterocycles. The number of pyridine rings is 1. The number of aromatic nitrogens is 2. The van der Waals surface area contributed by atoms with Gasteiger partial charge in [-0.3, -0.25) is 14.7 Å². The van der Waals surface area contributed by atoms with Gasteiger partial charge in [0.1, 0.15) is 6.61 Å². The standard InChI is InChI=1S/C21H20ClN3O3S/c1-12-7-13(2)19(18(22)8-12)25(15(4)26)21-24-17(11-29-21)10-28-20(27)16-6-5-14(3)23-9-16/h5-9,11H,10H2,1-4H3. The van der Waals surface area contributed by atoms with Crippen LogP contribution in [0.1, 0.15) is 39.8 Å². The van der Waals surface area contributed by atoms with Gasteiger partial charge in [-0.15, -0.1) is 11.3 Å². The molecule has 0 fully saturated rings. The third kappa shape index (κ3) is 4.81. The van der Waals surface area contributed by atoms with Crippen molar-refractivity contribution in [3.8, 4) is 0 Å². The molecule has 29 heavy (non-hydrogen) atoms. The highest BCUT2D eigenvalue weighted by Crippen LogP contribution is 2.37. The molecule has 0 aliphatic rings. The maximum atomic E-state index is 12.4. The molecule has 3 aromatic rings. The number of ether oxygens (including phenoxy) is 1. The van der Waals surface area contributed by atoms with Gasteiger partial charge in [-0.1, -0.05) is 17.7 Å². The van der Waals surface area contributed by atoms with E-state index in [1.165, 1.54) is 29.4 Å². The third-order valence-electron chi connectivity index (χ3n) is 4.17. The highest BCUT2D eigenvalue weighted by molar-refractivity contribution is 7.14. The van der Waals surface area contributed by atoms with E-state index in [1.54, 1.807) is 17.5 Å². The summed E-state index contributed by atoms with van der Waals surface area (Å²) in [6.45, 7) is 7.14. The van der Waals surface area contributed by atoms with Crippen LogP contribution in [0.5, 0.6) is 0 Å². The van der Waals surface area contributed by atoms with Gasteiger partial charge in [0.25, 0.3) is 0 Å². The van der Waals surface area contributed by atoms with Crippen molar-refractivity contribution < 1.29 is 14.3 Å². The van der Waals surface area contributed by atoms with E-state index in [9.17, 15) is 9.59 Å². The van der Waals surface area contributed by atoms with Crippen LogP contribution in [0.25, 0.3) is 0 Å². The maximum absolute atomic E-state index is 12.4. The molecule has 0 unspecified atom stereocenters. The van der Waals surface area contributed by atoms with Crippen LogP contribution in [-0.2, 0) is 16.1 Å². The molecule has 0 aliphatic carbocycles. The van der Waals surface area contributed by atoms with Crippen LogP contribution in [0, 0.1) is 20.8 Å². The molecule has 0 spiro atoms. The lowest BCUT2D eigenvalue weighted by Gasteiger charge is -2.22. The minimum atomic E-state index is -0.479. The Morgan fingerprint density at radius 1 is 1.21 bits per heavy atom. The minimum Gasteiger partial charge on any atom is -0.456 e. The highest BCUT2D eigenvalue weighted by atomic mass is 35.5. The summed E-state index contributed by atoms with van der Waals surface area (Å²) in [7, 11) is 0. The molecule has 0 atom stereocenters. The van der Waals surface area contributed by atoms with Gasteiger partial charge in [0.05, 0.1) is 22.0 Å². The number of anilines is 2. The van der Waals surface area contributed by atoms with Crippen molar-refractivity contribution in [3.05, 3.63) is 68.9 Å². The monoisotopic (exact) mass is 429 g/mol. The van der Waals surface area contributed by atoms with Crippen molar-refractivity contribution in [1.82, 2.24) is 9.97 Å². The van der Waals surface area contributed by atoms with Crippen molar-refractivity contribution in [2.45, 2.75) is 34.3 Å². The first kappa shape index (κ1) is 21.0. The van der Waals surface area contributed by atoms with Gasteiger partial charge >= 0.3 is 5.97 Å². The van der Waals surface area contributed by atoms with Crippen molar-refractivity contribution in [3.63, 3.8) is 0 Å². The Bertz CT molecular complexity index is 1040. The van der Waals surface area contributed by atoms with Gasteiger partial charge in [0, 0.05) is 24.2 Å². The average molecular weight is 430 g/mol. The fourth-order valence-electron chi connectivity index (χ4n) is 2.86. The molecule has 1 aromatic carbocycles. The lowest BCUT2D eigenvalue weighted by atomic mass is 10.1. The Kier molecular flexibility index (Phi) is 6.30. The number of thiazole rings is 1. The number of amides is 1. The lowest BCUT2D eigenvalue weighted by Crippen LogP contribution is -2.24. The first-order chi connectivity index (χ1) is 13.8. The molecular weight excluding hydrogens is 410 g/mol. The molecule has 0 radical (unpaired) electrons. The number of benzene rings is 1. The Morgan fingerprint density at radius 3 is 2.59 bits per heavy atom. The Balaban J connectivity index is 1.79. The molecule has 8 heteroatoms. The van der Waals surface area contributed by atoms with E-state index in [4.69, 9.17) is 16.3 Å². The summed E-state index contributed by atoms with van der Waals surface area (Å²) in [6, 6.07) is 7.18. The number of carbonyl (C=O) groups excluding carboxylic acids is 2. The van der Waals surface area contributed by atoms with Crippen molar-refractivity contribution in [1.29, 1.82) is 0 Å². The number of rotatable bonds is 5. The number of carbonyl (C=O) groups is 2. The number of hydrogen-bond donors (Lipinski definition) is 0. The summed E-state index contributed by atoms with van der Waals surface area (Å²) in [5.74, 6) is -0.685. The SMILES string of the molecule is CC(=O)N(c1nc(COC(=O)c2ccc(C)nc2)cs1)c1c(C)cc(C)cc1Cl. The predicted octanol–water partition coefficient (Wildman–Crippen LogP) is 5.16. The Hall–Kier alpha value is -2.77. The smallest absolute Gasteiger partial charge is 0.340 e. The normalized spacial score (nSPS) is 10.7. The molecular formula is C21H20ClN3O3S. The molecule has 0 bridgehead atoms. The highest BCUT2D eigenvalue weighted by Gasteiger charge is 2.23. The van der Waals surface area contributed by atoms with Gasteiger partial charge < -0.3 is 4.74 Å². The van der Waals surface area contributed by atoms with Gasteiger partial charge in [-0.25, -0.2) is 9.78 Å². The van der Waals surface area contributed by atoms with Crippen LogP contribution in [-0.4, -0.2) is 21.8 Å². The average Bonchev–Trinajstić information content (AvgIpc) is 3.11. The van der Waals surface area contributed by atoms with Gasteiger partial charge in [-0.2, -0.15) is 0 Å². The zero-order valence-corrected chi connectivity index (χ0v) is 18.1. The summed E-state index contributed by atoms with van der Waals surface area (Å²) in [6.07, 6.45) is 1.48. The molecule has 3 rings (SSSR count). The fourth-order valence-corrected chi connectivity index (χ4v) is 4.12. The third-order valence-corrected chi connectivity index (χ3v) is 5.33. The summed E-state index contributed by atoms with van der Waals surface area (Å²) in [4.78, 5) is 34.6. The topological polar surface area (TPSA) is 72.4 Å². The first-order valence-electron chi connectivity index (χ1n) is 8.88. The second-order valence-electron chi connectivity index (χ2n) is 6.65. The fraction of sp³-hybridized carbons (Fsp3) is 0.238. The van der Waals surface area contributed by atoms with Gasteiger partial charge in [0.2, 0.25) is 5.91 Å². The first-order valence-corrected chi connectivity index (χ1v) is 10.1. The van der Waals surface area contributed by atoms with Crippen LogP contribution in [0.2, 0.25) is 5.02 Å². The second-order valence-corrected chi connectivity index (χ2v) is 7.90. The van der Waals surface area contributed by atoms with Crippen molar-refractivity contribution >= 4 is 45.6 Å². The number of hydrogen-bond acceptors (Lipinski definition) is 6. The minimum absolute atomic E-state index is 0.00440. The maximum Gasteiger partial charge on any atom is 0.340 e.